The molecule has 2 aromatic carbocycles. The van der Waals surface area contributed by atoms with E-state index in [1.165, 1.54) is 6.20 Å². The molecule has 4 aromatic heterocycles. The lowest BCUT2D eigenvalue weighted by atomic mass is 10.0. The summed E-state index contributed by atoms with van der Waals surface area (Å²) in [6.45, 7) is 1.68. The Morgan fingerprint density at radius 3 is 2.66 bits per heavy atom. The number of hydrogen-bond acceptors (Lipinski definition) is 7. The number of halogens is 1. The van der Waals surface area contributed by atoms with Crippen molar-refractivity contribution in [2.75, 3.05) is 12.0 Å². The molecule has 11 heteroatoms. The average molecular weight is 526 g/mol. The highest BCUT2D eigenvalue weighted by Gasteiger charge is 2.19. The number of pyridine rings is 2. The third-order valence-electron chi connectivity index (χ3n) is 6.12. The molecule has 1 N–H and O–H groups in total. The Hall–Kier alpha value is -4.83. The Bertz CT molecular complexity index is 1890. The van der Waals surface area contributed by atoms with E-state index in [1.807, 2.05) is 43.3 Å². The van der Waals surface area contributed by atoms with Crippen molar-refractivity contribution in [2.24, 2.45) is 0 Å². The number of para-hydroxylation sites is 1. The molecule has 6 rings (SSSR count). The second-order valence-corrected chi connectivity index (χ2v) is 8.93. The molecule has 0 unspecified atom stereocenters. The van der Waals surface area contributed by atoms with Crippen LogP contribution in [0.5, 0.6) is 5.75 Å². The van der Waals surface area contributed by atoms with Gasteiger partial charge in [-0.3, -0.25) is 20.0 Å². The summed E-state index contributed by atoms with van der Waals surface area (Å²) < 4.78 is 8.34. The first kappa shape index (κ1) is 23.6. The normalized spacial score (nSPS) is 11.3. The summed E-state index contributed by atoms with van der Waals surface area (Å²) in [5, 5.41) is 14.7. The number of hydrogen-bond donors (Lipinski definition) is 1. The Labute approximate surface area is 220 Å². The maximum Gasteiger partial charge on any atom is 0.299 e. The van der Waals surface area contributed by atoms with Crippen molar-refractivity contribution < 1.29 is 9.53 Å². The van der Waals surface area contributed by atoms with E-state index in [2.05, 4.69) is 20.6 Å². The molecule has 0 fully saturated rings. The van der Waals surface area contributed by atoms with Crippen LogP contribution in [0.15, 0.2) is 77.9 Å². The highest BCUT2D eigenvalue weighted by atomic mass is 35.5. The Morgan fingerprint density at radius 1 is 1.03 bits per heavy atom. The first-order chi connectivity index (χ1) is 18.5. The van der Waals surface area contributed by atoms with Gasteiger partial charge in [-0.2, -0.15) is 5.10 Å². The van der Waals surface area contributed by atoms with Crippen molar-refractivity contribution in [3.05, 3.63) is 94.1 Å². The van der Waals surface area contributed by atoms with Gasteiger partial charge < -0.3 is 4.74 Å². The Morgan fingerprint density at radius 2 is 1.84 bits per heavy atom. The predicted molar refractivity (Wildman–Crippen MR) is 144 cm³/mol. The monoisotopic (exact) mass is 525 g/mol. The highest BCUT2D eigenvalue weighted by molar-refractivity contribution is 6.30. The number of aryl methyl sites for hydroxylation is 1. The van der Waals surface area contributed by atoms with Gasteiger partial charge in [0.25, 0.3) is 11.5 Å². The van der Waals surface area contributed by atoms with Crippen LogP contribution in [0.4, 0.5) is 0 Å². The second-order valence-electron chi connectivity index (χ2n) is 8.50. The SMILES string of the molecule is CCc1nn2c(nnc3c(=O)n(NC(=O)COc4cccc5cccnc45)ccc32)c1-c1ccc(Cl)cc1. The number of fused-ring (bicyclic) bond motifs is 4. The van der Waals surface area contributed by atoms with Gasteiger partial charge in [0.1, 0.15) is 16.8 Å². The zero-order chi connectivity index (χ0) is 26.2. The van der Waals surface area contributed by atoms with Crippen LogP contribution in [0.2, 0.25) is 5.02 Å². The van der Waals surface area contributed by atoms with Gasteiger partial charge in [-0.05, 0) is 42.3 Å². The number of nitrogens with zero attached hydrogens (tertiary/aromatic N) is 6. The van der Waals surface area contributed by atoms with Gasteiger partial charge in [0.2, 0.25) is 0 Å². The molecule has 0 bridgehead atoms. The van der Waals surface area contributed by atoms with E-state index < -0.39 is 11.5 Å². The van der Waals surface area contributed by atoms with Crippen LogP contribution in [0, 0.1) is 0 Å². The van der Waals surface area contributed by atoms with Crippen LogP contribution in [0.25, 0.3) is 38.7 Å². The first-order valence-corrected chi connectivity index (χ1v) is 12.2. The molecule has 6 aromatic rings. The van der Waals surface area contributed by atoms with Crippen molar-refractivity contribution in [1.82, 2.24) is 29.5 Å². The smallest absolute Gasteiger partial charge is 0.299 e. The number of aromatic nitrogens is 6. The summed E-state index contributed by atoms with van der Waals surface area (Å²) in [7, 11) is 0. The zero-order valence-electron chi connectivity index (χ0n) is 20.1. The van der Waals surface area contributed by atoms with E-state index in [9.17, 15) is 9.59 Å². The van der Waals surface area contributed by atoms with Crippen LogP contribution in [-0.2, 0) is 11.2 Å². The van der Waals surface area contributed by atoms with Gasteiger partial charge in [-0.15, -0.1) is 10.2 Å². The number of rotatable bonds is 6. The molecule has 188 valence electrons. The largest absolute Gasteiger partial charge is 0.481 e. The van der Waals surface area contributed by atoms with E-state index in [0.29, 0.717) is 33.9 Å². The summed E-state index contributed by atoms with van der Waals surface area (Å²) in [5.74, 6) is -0.0509. The van der Waals surface area contributed by atoms with Crippen LogP contribution < -0.4 is 15.7 Å². The van der Waals surface area contributed by atoms with Crippen LogP contribution in [-0.4, -0.2) is 42.0 Å². The minimum absolute atomic E-state index is 0.0623. The van der Waals surface area contributed by atoms with Gasteiger partial charge in [-0.25, -0.2) is 9.19 Å². The minimum Gasteiger partial charge on any atom is -0.481 e. The van der Waals surface area contributed by atoms with Gasteiger partial charge in [0, 0.05) is 22.8 Å². The van der Waals surface area contributed by atoms with Gasteiger partial charge in [-0.1, -0.05) is 48.9 Å². The van der Waals surface area contributed by atoms with E-state index in [0.717, 1.165) is 26.9 Å². The van der Waals surface area contributed by atoms with Crippen LogP contribution in [0.1, 0.15) is 12.6 Å². The maximum absolute atomic E-state index is 13.2. The van der Waals surface area contributed by atoms with Gasteiger partial charge >= 0.3 is 0 Å². The van der Waals surface area contributed by atoms with Crippen molar-refractivity contribution in [1.29, 1.82) is 0 Å². The summed E-state index contributed by atoms with van der Waals surface area (Å²) in [4.78, 5) is 30.1. The summed E-state index contributed by atoms with van der Waals surface area (Å²) in [5.41, 5.74) is 6.24. The lowest BCUT2D eigenvalue weighted by molar-refractivity contribution is -0.119. The van der Waals surface area contributed by atoms with Gasteiger partial charge in [0.05, 0.1) is 11.3 Å². The fraction of sp³-hybridized carbons (Fsp3) is 0.111. The molecule has 0 spiro atoms. The molecule has 0 saturated carbocycles. The number of carbonyl (C=O) groups is 1. The topological polar surface area (TPSA) is 116 Å². The van der Waals surface area contributed by atoms with Crippen molar-refractivity contribution in [3.63, 3.8) is 0 Å². The standard InChI is InChI=1S/C27H20ClN7O3/c1-2-19-23(16-8-10-18(28)11-9-16)26-31-30-25-20(35(26)32-19)12-14-34(27(25)37)33-22(36)15-38-21-7-3-5-17-6-4-13-29-24(17)21/h3-14H,2,15H2,1H3,(H,33,36). The minimum atomic E-state index is -0.543. The van der Waals surface area contributed by atoms with E-state index >= 15 is 0 Å². The molecule has 38 heavy (non-hydrogen) atoms. The zero-order valence-corrected chi connectivity index (χ0v) is 20.9. The molecular weight excluding hydrogens is 506 g/mol. The Balaban J connectivity index is 1.30. The van der Waals surface area contributed by atoms with Crippen LogP contribution >= 0.6 is 11.6 Å². The number of nitrogens with one attached hydrogen (secondary N) is 1. The quantitative estimate of drug-likeness (QED) is 0.349. The maximum atomic E-state index is 13.2. The third kappa shape index (κ3) is 4.10. The van der Waals surface area contributed by atoms with Crippen molar-refractivity contribution in [3.8, 4) is 16.9 Å². The fourth-order valence-electron chi connectivity index (χ4n) is 4.34. The molecule has 4 heterocycles. The molecule has 0 aliphatic rings. The lowest BCUT2D eigenvalue weighted by Crippen LogP contribution is -2.35. The Kier molecular flexibility index (Phi) is 5.93. The molecule has 0 atom stereocenters. The number of ether oxygens (including phenoxy) is 1. The van der Waals surface area contributed by atoms with Crippen molar-refractivity contribution in [2.45, 2.75) is 13.3 Å². The van der Waals surface area contributed by atoms with E-state index in [-0.39, 0.29) is 12.1 Å². The van der Waals surface area contributed by atoms with Crippen molar-refractivity contribution >= 4 is 45.1 Å². The number of benzene rings is 2. The highest BCUT2D eigenvalue weighted by Crippen LogP contribution is 2.30. The molecule has 0 aliphatic carbocycles. The predicted octanol–water partition coefficient (Wildman–Crippen LogP) is 4.02. The molecule has 1 amide bonds. The number of amides is 1. The summed E-state index contributed by atoms with van der Waals surface area (Å²) in [6.07, 6.45) is 3.77. The molecule has 0 aliphatic heterocycles. The fourth-order valence-corrected chi connectivity index (χ4v) is 4.47. The average Bonchev–Trinajstić information content (AvgIpc) is 3.33. The van der Waals surface area contributed by atoms with E-state index in [4.69, 9.17) is 21.4 Å². The molecule has 0 radical (unpaired) electrons. The third-order valence-corrected chi connectivity index (χ3v) is 6.37. The summed E-state index contributed by atoms with van der Waals surface area (Å²) in [6, 6.07) is 18.3. The van der Waals surface area contributed by atoms with Gasteiger partial charge in [0.15, 0.2) is 17.8 Å². The molecule has 0 saturated heterocycles. The van der Waals surface area contributed by atoms with Crippen LogP contribution in [0.3, 0.4) is 0 Å². The second kappa shape index (κ2) is 9.56. The molecule has 10 nitrogen and oxygen atoms in total. The number of carbonyl (C=O) groups excluding carboxylic acids is 1. The summed E-state index contributed by atoms with van der Waals surface area (Å²) >= 11 is 6.06. The lowest BCUT2D eigenvalue weighted by Gasteiger charge is -2.11. The molecular formula is C27H20ClN7O3. The first-order valence-electron chi connectivity index (χ1n) is 11.9. The van der Waals surface area contributed by atoms with E-state index in [1.54, 1.807) is 35.0 Å².